The fourth-order valence-electron chi connectivity index (χ4n) is 1.00. The Morgan fingerprint density at radius 3 is 2.33 bits per heavy atom. The van der Waals surface area contributed by atoms with E-state index in [2.05, 4.69) is 5.32 Å². The molecule has 0 aliphatic rings. The molecule has 0 radical (unpaired) electrons. The molecule has 3 nitrogen and oxygen atoms in total. The summed E-state index contributed by atoms with van der Waals surface area (Å²) in [6.45, 7) is 0. The molecule has 1 rings (SSSR count). The van der Waals surface area contributed by atoms with Crippen molar-refractivity contribution in [3.05, 3.63) is 53.6 Å². The summed E-state index contributed by atoms with van der Waals surface area (Å²) in [5.74, 6) is 0.233. The van der Waals surface area contributed by atoms with Gasteiger partial charge in [0.25, 0.3) is 0 Å². The van der Waals surface area contributed by atoms with E-state index in [0.717, 1.165) is 5.56 Å². The zero-order chi connectivity index (χ0) is 11.3. The van der Waals surface area contributed by atoms with Crippen LogP contribution in [0.1, 0.15) is 5.56 Å². The summed E-state index contributed by atoms with van der Waals surface area (Å²) in [5.41, 5.74) is 12.6. The molecule has 0 atom stereocenters. The van der Waals surface area contributed by atoms with E-state index in [0.29, 0.717) is 11.5 Å². The maximum atomic E-state index is 12.6. The molecule has 1 aromatic carbocycles. The predicted molar refractivity (Wildman–Crippen MR) is 59.9 cm³/mol. The van der Waals surface area contributed by atoms with Crippen molar-refractivity contribution < 1.29 is 4.39 Å². The number of halogens is 1. The highest BCUT2D eigenvalue weighted by Gasteiger charge is 1.95. The predicted octanol–water partition coefficient (Wildman–Crippen LogP) is 1.14. The fraction of sp³-hybridized carbons (Fsp3) is 0.0909. The van der Waals surface area contributed by atoms with Crippen molar-refractivity contribution >= 4 is 5.70 Å². The van der Waals surface area contributed by atoms with Crippen LogP contribution in [0, 0.1) is 5.82 Å². The van der Waals surface area contributed by atoms with E-state index in [9.17, 15) is 4.39 Å². The first-order valence-electron chi connectivity index (χ1n) is 4.50. The van der Waals surface area contributed by atoms with Gasteiger partial charge >= 0.3 is 0 Å². The molecule has 1 aromatic rings. The van der Waals surface area contributed by atoms with Crippen LogP contribution in [-0.4, -0.2) is 7.05 Å². The molecule has 0 fully saturated rings. The fourth-order valence-corrected chi connectivity index (χ4v) is 1.00. The smallest absolute Gasteiger partial charge is 0.123 e. The van der Waals surface area contributed by atoms with Crippen molar-refractivity contribution in [1.82, 2.24) is 5.32 Å². The molecule has 0 bridgehead atoms. The maximum absolute atomic E-state index is 12.6. The Balaban J connectivity index is 2.85. The van der Waals surface area contributed by atoms with Crippen LogP contribution in [0.4, 0.5) is 4.39 Å². The zero-order valence-electron chi connectivity index (χ0n) is 8.50. The lowest BCUT2D eigenvalue weighted by molar-refractivity contribution is 0.627. The summed E-state index contributed by atoms with van der Waals surface area (Å²) in [6, 6.07) is 5.96. The summed E-state index contributed by atoms with van der Waals surface area (Å²) < 4.78 is 12.6. The van der Waals surface area contributed by atoms with Crippen LogP contribution in [0.25, 0.3) is 5.70 Å². The second-order valence-corrected chi connectivity index (χ2v) is 3.00. The van der Waals surface area contributed by atoms with Gasteiger partial charge in [-0.25, -0.2) is 4.39 Å². The summed E-state index contributed by atoms with van der Waals surface area (Å²) in [7, 11) is 1.72. The lowest BCUT2D eigenvalue weighted by Gasteiger charge is -2.01. The van der Waals surface area contributed by atoms with Gasteiger partial charge in [0, 0.05) is 12.7 Å². The van der Waals surface area contributed by atoms with Gasteiger partial charge in [-0.1, -0.05) is 12.1 Å². The first kappa shape index (κ1) is 11.1. The Morgan fingerprint density at radius 1 is 1.20 bits per heavy atom. The molecule has 0 heterocycles. The standard InChI is InChI=1S/C11H14FN3/c1-15-11(14)7-6-10(13)8-2-4-9(12)5-3-8/h2-7,15H,13-14H2,1H3/b10-6-,11-7+. The molecular weight excluding hydrogens is 193 g/mol. The summed E-state index contributed by atoms with van der Waals surface area (Å²) >= 11 is 0. The topological polar surface area (TPSA) is 64.1 Å². The number of benzene rings is 1. The van der Waals surface area contributed by atoms with Gasteiger partial charge in [-0.05, 0) is 29.8 Å². The Labute approximate surface area is 88.3 Å². The van der Waals surface area contributed by atoms with E-state index in [4.69, 9.17) is 11.5 Å². The van der Waals surface area contributed by atoms with Crippen LogP contribution in [0.15, 0.2) is 42.2 Å². The molecule has 0 aliphatic heterocycles. The number of nitrogens with one attached hydrogen (secondary N) is 1. The lowest BCUT2D eigenvalue weighted by Crippen LogP contribution is -2.13. The molecule has 15 heavy (non-hydrogen) atoms. The monoisotopic (exact) mass is 207 g/mol. The Bertz CT molecular complexity index is 379. The molecule has 0 saturated heterocycles. The van der Waals surface area contributed by atoms with Crippen LogP contribution < -0.4 is 16.8 Å². The van der Waals surface area contributed by atoms with Crippen LogP contribution in [-0.2, 0) is 0 Å². The number of allylic oxidation sites excluding steroid dienone is 2. The highest BCUT2D eigenvalue weighted by molar-refractivity contribution is 5.64. The van der Waals surface area contributed by atoms with Crippen LogP contribution in [0.2, 0.25) is 0 Å². The number of hydrogen-bond acceptors (Lipinski definition) is 3. The molecule has 0 aromatic heterocycles. The number of hydrogen-bond donors (Lipinski definition) is 3. The maximum Gasteiger partial charge on any atom is 0.123 e. The number of rotatable bonds is 3. The third-order valence-electron chi connectivity index (χ3n) is 1.91. The number of nitrogens with two attached hydrogens (primary N) is 2. The van der Waals surface area contributed by atoms with Gasteiger partial charge in [0.2, 0.25) is 0 Å². The van der Waals surface area contributed by atoms with E-state index >= 15 is 0 Å². The Morgan fingerprint density at radius 2 is 1.80 bits per heavy atom. The van der Waals surface area contributed by atoms with Gasteiger partial charge in [0.15, 0.2) is 0 Å². The van der Waals surface area contributed by atoms with E-state index in [1.807, 2.05) is 0 Å². The molecule has 0 unspecified atom stereocenters. The minimum absolute atomic E-state index is 0.281. The van der Waals surface area contributed by atoms with Crippen LogP contribution in [0.5, 0.6) is 0 Å². The normalized spacial score (nSPS) is 12.7. The highest BCUT2D eigenvalue weighted by Crippen LogP contribution is 2.09. The highest BCUT2D eigenvalue weighted by atomic mass is 19.1. The van der Waals surface area contributed by atoms with Crippen molar-refractivity contribution in [3.8, 4) is 0 Å². The molecule has 4 heteroatoms. The second-order valence-electron chi connectivity index (χ2n) is 3.00. The van der Waals surface area contributed by atoms with Gasteiger partial charge in [0.1, 0.15) is 5.82 Å². The molecule has 0 saturated carbocycles. The van der Waals surface area contributed by atoms with Gasteiger partial charge < -0.3 is 16.8 Å². The van der Waals surface area contributed by atoms with E-state index in [1.165, 1.54) is 12.1 Å². The van der Waals surface area contributed by atoms with Crippen LogP contribution >= 0.6 is 0 Å². The van der Waals surface area contributed by atoms with Crippen LogP contribution in [0.3, 0.4) is 0 Å². The van der Waals surface area contributed by atoms with Crippen molar-refractivity contribution in [2.75, 3.05) is 7.05 Å². The summed E-state index contributed by atoms with van der Waals surface area (Å²) in [6.07, 6.45) is 3.32. The average molecular weight is 207 g/mol. The van der Waals surface area contributed by atoms with Gasteiger partial charge in [-0.3, -0.25) is 0 Å². The SMILES string of the molecule is CN/C(N)=C/C=C(\N)c1ccc(F)cc1. The first-order valence-corrected chi connectivity index (χ1v) is 4.50. The van der Waals surface area contributed by atoms with E-state index in [-0.39, 0.29) is 5.82 Å². The van der Waals surface area contributed by atoms with Crippen molar-refractivity contribution in [2.24, 2.45) is 11.5 Å². The molecule has 5 N–H and O–H groups in total. The summed E-state index contributed by atoms with van der Waals surface area (Å²) in [4.78, 5) is 0. The van der Waals surface area contributed by atoms with Crippen molar-refractivity contribution in [1.29, 1.82) is 0 Å². The van der Waals surface area contributed by atoms with Gasteiger partial charge in [-0.2, -0.15) is 0 Å². The molecule has 80 valence electrons. The largest absolute Gasteiger partial charge is 0.398 e. The van der Waals surface area contributed by atoms with Crippen molar-refractivity contribution in [2.45, 2.75) is 0 Å². The quantitative estimate of drug-likeness (QED) is 0.651. The van der Waals surface area contributed by atoms with Gasteiger partial charge in [0.05, 0.1) is 5.82 Å². The van der Waals surface area contributed by atoms with Crippen molar-refractivity contribution in [3.63, 3.8) is 0 Å². The molecule has 0 aliphatic carbocycles. The summed E-state index contributed by atoms with van der Waals surface area (Å²) in [5, 5.41) is 2.76. The minimum Gasteiger partial charge on any atom is -0.398 e. The van der Waals surface area contributed by atoms with E-state index < -0.39 is 0 Å². The molecule has 0 spiro atoms. The lowest BCUT2D eigenvalue weighted by atomic mass is 10.1. The third-order valence-corrected chi connectivity index (χ3v) is 1.91. The van der Waals surface area contributed by atoms with Gasteiger partial charge in [-0.15, -0.1) is 0 Å². The molecular formula is C11H14FN3. The third kappa shape index (κ3) is 3.34. The Hall–Kier alpha value is -1.97. The zero-order valence-corrected chi connectivity index (χ0v) is 8.50. The minimum atomic E-state index is -0.281. The van der Waals surface area contributed by atoms with E-state index in [1.54, 1.807) is 31.3 Å². The first-order chi connectivity index (χ1) is 7.13. The second kappa shape index (κ2) is 5.05. The average Bonchev–Trinajstić information content (AvgIpc) is 2.26. The molecule has 0 amide bonds. The Kier molecular flexibility index (Phi) is 3.74.